The maximum Gasteiger partial charge on any atom is 0.213 e. The highest BCUT2D eigenvalue weighted by Crippen LogP contribution is 2.14. The summed E-state index contributed by atoms with van der Waals surface area (Å²) in [6.07, 6.45) is 4.29. The molecule has 2 rings (SSSR count). The van der Waals surface area contributed by atoms with Gasteiger partial charge < -0.3 is 10.1 Å². The van der Waals surface area contributed by atoms with Gasteiger partial charge in [0, 0.05) is 12.3 Å². The average Bonchev–Trinajstić information content (AvgIpc) is 2.19. The molecule has 14 heavy (non-hydrogen) atoms. The zero-order chi connectivity index (χ0) is 9.80. The summed E-state index contributed by atoms with van der Waals surface area (Å²) in [6, 6.07) is 3.97. The molecule has 1 saturated heterocycles. The van der Waals surface area contributed by atoms with E-state index in [-0.39, 0.29) is 0 Å². The van der Waals surface area contributed by atoms with E-state index in [2.05, 4.69) is 17.2 Å². The molecule has 1 fully saturated rings. The third-order valence-electron chi connectivity index (χ3n) is 2.46. The number of aryl methyl sites for hydroxylation is 1. The molecule has 0 saturated carbocycles. The standard InChI is InChI=1S/C11H16N2O/c1-9-2-7-13-11(8-9)14-10-3-5-12-6-4-10/h2,7-8,10,12H,3-6H2,1H3. The summed E-state index contributed by atoms with van der Waals surface area (Å²) < 4.78 is 5.78. The van der Waals surface area contributed by atoms with Gasteiger partial charge in [0.05, 0.1) is 0 Å². The molecule has 76 valence electrons. The lowest BCUT2D eigenvalue weighted by atomic mass is 10.1. The Morgan fingerprint density at radius 1 is 1.43 bits per heavy atom. The second-order valence-corrected chi connectivity index (χ2v) is 3.74. The zero-order valence-corrected chi connectivity index (χ0v) is 8.49. The minimum Gasteiger partial charge on any atom is -0.474 e. The van der Waals surface area contributed by atoms with E-state index >= 15 is 0 Å². The summed E-state index contributed by atoms with van der Waals surface area (Å²) >= 11 is 0. The summed E-state index contributed by atoms with van der Waals surface area (Å²) in [7, 11) is 0. The first-order chi connectivity index (χ1) is 6.84. The number of hydrogen-bond donors (Lipinski definition) is 1. The number of ether oxygens (including phenoxy) is 1. The smallest absolute Gasteiger partial charge is 0.213 e. The lowest BCUT2D eigenvalue weighted by Gasteiger charge is -2.23. The van der Waals surface area contributed by atoms with E-state index in [0.29, 0.717) is 6.10 Å². The Balaban J connectivity index is 1.95. The fourth-order valence-electron chi connectivity index (χ4n) is 1.66. The van der Waals surface area contributed by atoms with E-state index in [9.17, 15) is 0 Å². The predicted molar refractivity (Wildman–Crippen MR) is 55.5 cm³/mol. The molecule has 3 heteroatoms. The highest BCUT2D eigenvalue weighted by Gasteiger charge is 2.14. The van der Waals surface area contributed by atoms with Gasteiger partial charge in [0.15, 0.2) is 0 Å². The van der Waals surface area contributed by atoms with E-state index in [1.807, 2.05) is 12.1 Å². The fraction of sp³-hybridized carbons (Fsp3) is 0.545. The Morgan fingerprint density at radius 2 is 2.21 bits per heavy atom. The molecule has 0 atom stereocenters. The SMILES string of the molecule is Cc1ccnc(OC2CCNCC2)c1. The van der Waals surface area contributed by atoms with Gasteiger partial charge in [-0.15, -0.1) is 0 Å². The third kappa shape index (κ3) is 2.45. The van der Waals surface area contributed by atoms with Crippen LogP contribution in [-0.4, -0.2) is 24.2 Å². The van der Waals surface area contributed by atoms with Crippen LogP contribution in [0, 0.1) is 6.92 Å². The summed E-state index contributed by atoms with van der Waals surface area (Å²) in [4.78, 5) is 4.19. The minimum absolute atomic E-state index is 0.338. The monoisotopic (exact) mass is 192 g/mol. The van der Waals surface area contributed by atoms with Crippen molar-refractivity contribution in [3.8, 4) is 5.88 Å². The number of piperidine rings is 1. The van der Waals surface area contributed by atoms with Gasteiger partial charge in [-0.3, -0.25) is 0 Å². The van der Waals surface area contributed by atoms with Gasteiger partial charge in [-0.05, 0) is 44.5 Å². The van der Waals surface area contributed by atoms with Gasteiger partial charge in [-0.25, -0.2) is 4.98 Å². The first-order valence-corrected chi connectivity index (χ1v) is 5.14. The fourth-order valence-corrected chi connectivity index (χ4v) is 1.66. The lowest BCUT2D eigenvalue weighted by molar-refractivity contribution is 0.156. The molecule has 1 aromatic rings. The molecule has 0 aliphatic carbocycles. The van der Waals surface area contributed by atoms with Gasteiger partial charge in [0.25, 0.3) is 0 Å². The normalized spacial score (nSPS) is 18.1. The molecule has 2 heterocycles. The van der Waals surface area contributed by atoms with Crippen molar-refractivity contribution in [2.24, 2.45) is 0 Å². The van der Waals surface area contributed by atoms with Crippen LogP contribution in [0.25, 0.3) is 0 Å². The molecular weight excluding hydrogens is 176 g/mol. The average molecular weight is 192 g/mol. The summed E-state index contributed by atoms with van der Waals surface area (Å²) in [5.41, 5.74) is 1.20. The van der Waals surface area contributed by atoms with Crippen molar-refractivity contribution in [3.05, 3.63) is 23.9 Å². The molecule has 1 aliphatic rings. The zero-order valence-electron chi connectivity index (χ0n) is 8.49. The quantitative estimate of drug-likeness (QED) is 0.771. The van der Waals surface area contributed by atoms with Crippen molar-refractivity contribution in [1.29, 1.82) is 0 Å². The summed E-state index contributed by atoms with van der Waals surface area (Å²) in [5.74, 6) is 0.761. The van der Waals surface area contributed by atoms with Crippen molar-refractivity contribution in [1.82, 2.24) is 10.3 Å². The number of nitrogens with one attached hydrogen (secondary N) is 1. The Labute approximate surface area is 84.5 Å². The molecule has 0 aromatic carbocycles. The third-order valence-corrected chi connectivity index (χ3v) is 2.46. The number of rotatable bonds is 2. The first-order valence-electron chi connectivity index (χ1n) is 5.14. The summed E-state index contributed by atoms with van der Waals surface area (Å²) in [5, 5.41) is 3.31. The van der Waals surface area contributed by atoms with Gasteiger partial charge in [0.1, 0.15) is 6.10 Å². The van der Waals surface area contributed by atoms with Crippen molar-refractivity contribution in [3.63, 3.8) is 0 Å². The largest absolute Gasteiger partial charge is 0.474 e. The molecule has 1 aliphatic heterocycles. The van der Waals surface area contributed by atoms with Crippen LogP contribution in [0.2, 0.25) is 0 Å². The highest BCUT2D eigenvalue weighted by molar-refractivity contribution is 5.18. The van der Waals surface area contributed by atoms with Crippen molar-refractivity contribution in [2.45, 2.75) is 25.9 Å². The Kier molecular flexibility index (Phi) is 2.99. The van der Waals surface area contributed by atoms with Crippen LogP contribution in [0.4, 0.5) is 0 Å². The molecule has 1 N–H and O–H groups in total. The van der Waals surface area contributed by atoms with Crippen molar-refractivity contribution < 1.29 is 4.74 Å². The second-order valence-electron chi connectivity index (χ2n) is 3.74. The minimum atomic E-state index is 0.338. The first kappa shape index (κ1) is 9.46. The van der Waals surface area contributed by atoms with E-state index in [4.69, 9.17) is 4.74 Å². The van der Waals surface area contributed by atoms with Crippen LogP contribution in [0.5, 0.6) is 5.88 Å². The molecule has 0 spiro atoms. The van der Waals surface area contributed by atoms with E-state index in [0.717, 1.165) is 31.8 Å². The number of aromatic nitrogens is 1. The van der Waals surface area contributed by atoms with Crippen LogP contribution < -0.4 is 10.1 Å². The molecule has 1 aromatic heterocycles. The maximum atomic E-state index is 5.78. The van der Waals surface area contributed by atoms with Crippen LogP contribution >= 0.6 is 0 Å². The number of nitrogens with zero attached hydrogens (tertiary/aromatic N) is 1. The second kappa shape index (κ2) is 4.42. The van der Waals surface area contributed by atoms with E-state index < -0.39 is 0 Å². The molecular formula is C11H16N2O. The molecule has 0 unspecified atom stereocenters. The van der Waals surface area contributed by atoms with Crippen LogP contribution in [0.3, 0.4) is 0 Å². The van der Waals surface area contributed by atoms with E-state index in [1.165, 1.54) is 5.56 Å². The van der Waals surface area contributed by atoms with Crippen LogP contribution in [0.15, 0.2) is 18.3 Å². The van der Waals surface area contributed by atoms with Crippen molar-refractivity contribution >= 4 is 0 Å². The van der Waals surface area contributed by atoms with E-state index in [1.54, 1.807) is 6.20 Å². The Morgan fingerprint density at radius 3 is 2.93 bits per heavy atom. The maximum absolute atomic E-state index is 5.78. The predicted octanol–water partition coefficient (Wildman–Crippen LogP) is 1.52. The number of pyridine rings is 1. The molecule has 0 bridgehead atoms. The van der Waals surface area contributed by atoms with Crippen molar-refractivity contribution in [2.75, 3.05) is 13.1 Å². The van der Waals surface area contributed by atoms with Gasteiger partial charge in [-0.2, -0.15) is 0 Å². The number of hydrogen-bond acceptors (Lipinski definition) is 3. The molecule has 0 amide bonds. The van der Waals surface area contributed by atoms with Crippen LogP contribution in [-0.2, 0) is 0 Å². The Bertz CT molecular complexity index is 295. The molecule has 0 radical (unpaired) electrons. The highest BCUT2D eigenvalue weighted by atomic mass is 16.5. The Hall–Kier alpha value is -1.09. The summed E-state index contributed by atoms with van der Waals surface area (Å²) in [6.45, 7) is 4.16. The van der Waals surface area contributed by atoms with Gasteiger partial charge >= 0.3 is 0 Å². The van der Waals surface area contributed by atoms with Crippen LogP contribution in [0.1, 0.15) is 18.4 Å². The van der Waals surface area contributed by atoms with Gasteiger partial charge in [0.2, 0.25) is 5.88 Å². The molecule has 3 nitrogen and oxygen atoms in total. The topological polar surface area (TPSA) is 34.1 Å². The van der Waals surface area contributed by atoms with Gasteiger partial charge in [-0.1, -0.05) is 0 Å². The lowest BCUT2D eigenvalue weighted by Crippen LogP contribution is -2.34.